The Morgan fingerprint density at radius 3 is 2.32 bits per heavy atom. The van der Waals surface area contributed by atoms with E-state index in [0.29, 0.717) is 0 Å². The largest absolute Gasteiger partial charge is 0.327 e. The van der Waals surface area contributed by atoms with Crippen molar-refractivity contribution < 1.29 is 0 Å². The van der Waals surface area contributed by atoms with Gasteiger partial charge in [-0.3, -0.25) is 0 Å². The second-order valence-corrected chi connectivity index (χ2v) is 4.88. The second-order valence-electron chi connectivity index (χ2n) is 4.88. The molecule has 0 saturated carbocycles. The van der Waals surface area contributed by atoms with Crippen LogP contribution in [0.2, 0.25) is 0 Å². The summed E-state index contributed by atoms with van der Waals surface area (Å²) in [7, 11) is 0. The van der Waals surface area contributed by atoms with Gasteiger partial charge in [-0.1, -0.05) is 19.1 Å². The Kier molecular flexibility index (Phi) is 5.58. The predicted octanol–water partition coefficient (Wildman–Crippen LogP) is 3.19. The molecule has 0 saturated heterocycles. The first-order valence-corrected chi connectivity index (χ1v) is 6.48. The first-order valence-electron chi connectivity index (χ1n) is 6.48. The maximum Gasteiger partial charge on any atom is 0.0648 e. The smallest absolute Gasteiger partial charge is 0.0648 e. The van der Waals surface area contributed by atoms with Gasteiger partial charge < -0.3 is 5.73 Å². The average Bonchev–Trinajstić information content (AvgIpc) is 2.69. The Morgan fingerprint density at radius 1 is 1.21 bits per heavy atom. The first-order chi connectivity index (χ1) is 8.60. The third kappa shape index (κ3) is 3.82. The van der Waals surface area contributed by atoms with Crippen molar-refractivity contribution in [1.82, 2.24) is 9.78 Å². The molecule has 4 heteroatoms. The van der Waals surface area contributed by atoms with Gasteiger partial charge in [-0.05, 0) is 50.5 Å². The highest BCUT2D eigenvalue weighted by Gasteiger charge is 2.05. The molecule has 0 aliphatic carbocycles. The molecule has 0 fully saturated rings. The fourth-order valence-corrected chi connectivity index (χ4v) is 2.11. The van der Waals surface area contributed by atoms with Crippen LogP contribution in [-0.2, 0) is 6.42 Å². The predicted molar refractivity (Wildman–Crippen MR) is 82.3 cm³/mol. The number of aromatic nitrogens is 2. The summed E-state index contributed by atoms with van der Waals surface area (Å²) in [6.07, 6.45) is 1.95. The molecule has 0 aliphatic rings. The molecule has 2 aromatic rings. The summed E-state index contributed by atoms with van der Waals surface area (Å²) in [5.74, 6) is 0. The number of hydrogen-bond acceptors (Lipinski definition) is 2. The zero-order chi connectivity index (χ0) is 13.1. The van der Waals surface area contributed by atoms with E-state index in [1.54, 1.807) is 0 Å². The van der Waals surface area contributed by atoms with Gasteiger partial charge in [0, 0.05) is 11.7 Å². The quantitative estimate of drug-likeness (QED) is 0.934. The highest BCUT2D eigenvalue weighted by atomic mass is 35.5. The van der Waals surface area contributed by atoms with Crippen LogP contribution >= 0.6 is 12.4 Å². The van der Waals surface area contributed by atoms with E-state index in [9.17, 15) is 0 Å². The topological polar surface area (TPSA) is 43.8 Å². The number of halogens is 1. The molecule has 1 heterocycles. The molecule has 0 aliphatic heterocycles. The van der Waals surface area contributed by atoms with Crippen molar-refractivity contribution in [3.05, 3.63) is 47.3 Å². The Hall–Kier alpha value is -1.32. The summed E-state index contributed by atoms with van der Waals surface area (Å²) in [6, 6.07) is 10.8. The molecule has 0 bridgehead atoms. The van der Waals surface area contributed by atoms with Gasteiger partial charge in [-0.15, -0.1) is 12.4 Å². The maximum absolute atomic E-state index is 5.96. The SMILES string of the molecule is CCC(N)Cc1ccc(-n2nc(C)cc2C)cc1.Cl. The van der Waals surface area contributed by atoms with Crippen LogP contribution in [0.3, 0.4) is 0 Å². The van der Waals surface area contributed by atoms with Crippen molar-refractivity contribution in [2.45, 2.75) is 39.7 Å². The molecule has 1 atom stereocenters. The normalized spacial score (nSPS) is 12.0. The summed E-state index contributed by atoms with van der Waals surface area (Å²) >= 11 is 0. The molecule has 104 valence electrons. The summed E-state index contributed by atoms with van der Waals surface area (Å²) in [6.45, 7) is 6.20. The van der Waals surface area contributed by atoms with Gasteiger partial charge in [0.2, 0.25) is 0 Å². The van der Waals surface area contributed by atoms with E-state index >= 15 is 0 Å². The second kappa shape index (κ2) is 6.73. The third-order valence-corrected chi connectivity index (χ3v) is 3.21. The molecule has 2 rings (SSSR count). The van der Waals surface area contributed by atoms with Crippen LogP contribution < -0.4 is 5.73 Å². The molecule has 1 aromatic heterocycles. The van der Waals surface area contributed by atoms with Crippen molar-refractivity contribution in [2.75, 3.05) is 0 Å². The first kappa shape index (κ1) is 15.7. The van der Waals surface area contributed by atoms with E-state index in [1.807, 2.05) is 11.6 Å². The number of aryl methyl sites for hydroxylation is 2. The van der Waals surface area contributed by atoms with Crippen molar-refractivity contribution in [3.8, 4) is 5.69 Å². The van der Waals surface area contributed by atoms with E-state index in [4.69, 9.17) is 5.73 Å². The number of rotatable bonds is 4. The highest BCUT2D eigenvalue weighted by Crippen LogP contribution is 2.14. The van der Waals surface area contributed by atoms with Gasteiger partial charge in [-0.25, -0.2) is 4.68 Å². The Labute approximate surface area is 121 Å². The molecule has 1 unspecified atom stereocenters. The number of benzene rings is 1. The van der Waals surface area contributed by atoms with Crippen LogP contribution in [0.1, 0.15) is 30.3 Å². The zero-order valence-electron chi connectivity index (χ0n) is 11.8. The molecular weight excluding hydrogens is 258 g/mol. The molecule has 1 aromatic carbocycles. The summed E-state index contributed by atoms with van der Waals surface area (Å²) in [5.41, 5.74) is 10.6. The monoisotopic (exact) mass is 279 g/mol. The van der Waals surface area contributed by atoms with Crippen LogP contribution in [-0.4, -0.2) is 15.8 Å². The fraction of sp³-hybridized carbons (Fsp3) is 0.400. The van der Waals surface area contributed by atoms with Gasteiger partial charge in [0.05, 0.1) is 11.4 Å². The Balaban J connectivity index is 0.00000180. The Bertz CT molecular complexity index is 517. The lowest BCUT2D eigenvalue weighted by Crippen LogP contribution is -2.21. The number of nitrogens with zero attached hydrogens (tertiary/aromatic N) is 2. The van der Waals surface area contributed by atoms with E-state index in [2.05, 4.69) is 49.3 Å². The highest BCUT2D eigenvalue weighted by molar-refractivity contribution is 5.85. The minimum atomic E-state index is 0. The average molecular weight is 280 g/mol. The number of hydrogen-bond donors (Lipinski definition) is 1. The van der Waals surface area contributed by atoms with Gasteiger partial charge in [0.15, 0.2) is 0 Å². The van der Waals surface area contributed by atoms with Crippen LogP contribution in [0.4, 0.5) is 0 Å². The van der Waals surface area contributed by atoms with E-state index in [0.717, 1.165) is 29.9 Å². The van der Waals surface area contributed by atoms with Gasteiger partial charge in [0.1, 0.15) is 0 Å². The Morgan fingerprint density at radius 2 is 1.84 bits per heavy atom. The minimum Gasteiger partial charge on any atom is -0.327 e. The van der Waals surface area contributed by atoms with Crippen LogP contribution in [0.15, 0.2) is 30.3 Å². The lowest BCUT2D eigenvalue weighted by Gasteiger charge is -2.10. The summed E-state index contributed by atoms with van der Waals surface area (Å²) in [4.78, 5) is 0. The minimum absolute atomic E-state index is 0. The molecule has 0 spiro atoms. The van der Waals surface area contributed by atoms with Crippen molar-refractivity contribution in [3.63, 3.8) is 0 Å². The number of nitrogens with two attached hydrogens (primary N) is 1. The fourth-order valence-electron chi connectivity index (χ4n) is 2.11. The molecule has 0 radical (unpaired) electrons. The maximum atomic E-state index is 5.96. The van der Waals surface area contributed by atoms with Crippen LogP contribution in [0, 0.1) is 13.8 Å². The van der Waals surface area contributed by atoms with Crippen molar-refractivity contribution in [1.29, 1.82) is 0 Å². The molecular formula is C15H22ClN3. The van der Waals surface area contributed by atoms with E-state index in [1.165, 1.54) is 5.56 Å². The molecule has 2 N–H and O–H groups in total. The summed E-state index contributed by atoms with van der Waals surface area (Å²) < 4.78 is 1.97. The molecule has 19 heavy (non-hydrogen) atoms. The summed E-state index contributed by atoms with van der Waals surface area (Å²) in [5, 5.41) is 4.48. The lowest BCUT2D eigenvalue weighted by atomic mass is 10.0. The van der Waals surface area contributed by atoms with E-state index in [-0.39, 0.29) is 18.4 Å². The standard InChI is InChI=1S/C15H21N3.ClH/c1-4-14(16)10-13-5-7-15(8-6-13)18-12(3)9-11(2)17-18;/h5-9,14H,4,10,16H2,1-3H3;1H. The van der Waals surface area contributed by atoms with Gasteiger partial charge in [0.25, 0.3) is 0 Å². The van der Waals surface area contributed by atoms with Crippen LogP contribution in [0.5, 0.6) is 0 Å². The van der Waals surface area contributed by atoms with Crippen molar-refractivity contribution >= 4 is 12.4 Å². The van der Waals surface area contributed by atoms with Crippen molar-refractivity contribution in [2.24, 2.45) is 5.73 Å². The lowest BCUT2D eigenvalue weighted by molar-refractivity contribution is 0.646. The zero-order valence-corrected chi connectivity index (χ0v) is 12.6. The van der Waals surface area contributed by atoms with Gasteiger partial charge >= 0.3 is 0 Å². The molecule has 3 nitrogen and oxygen atoms in total. The van der Waals surface area contributed by atoms with Gasteiger partial charge in [-0.2, -0.15) is 5.10 Å². The van der Waals surface area contributed by atoms with Crippen LogP contribution in [0.25, 0.3) is 5.69 Å². The van der Waals surface area contributed by atoms with E-state index < -0.39 is 0 Å². The third-order valence-electron chi connectivity index (χ3n) is 3.21. The molecule has 0 amide bonds.